The summed E-state index contributed by atoms with van der Waals surface area (Å²) in [6, 6.07) is 7.50. The van der Waals surface area contributed by atoms with E-state index < -0.39 is 17.7 Å². The molecule has 1 saturated heterocycles. The van der Waals surface area contributed by atoms with Crippen LogP contribution < -0.4 is 0 Å². The highest BCUT2D eigenvalue weighted by Gasteiger charge is 2.38. The molecule has 116 valence electrons. The van der Waals surface area contributed by atoms with Crippen molar-refractivity contribution in [1.29, 1.82) is 0 Å². The van der Waals surface area contributed by atoms with E-state index in [-0.39, 0.29) is 6.42 Å². The molecular formula is C16H23NO4. The second kappa shape index (κ2) is 6.56. The van der Waals surface area contributed by atoms with Crippen molar-refractivity contribution in [3.05, 3.63) is 35.4 Å². The van der Waals surface area contributed by atoms with Gasteiger partial charge in [-0.3, -0.25) is 9.69 Å². The van der Waals surface area contributed by atoms with Crippen LogP contribution in [-0.4, -0.2) is 51.0 Å². The Labute approximate surface area is 124 Å². The van der Waals surface area contributed by atoms with Gasteiger partial charge in [0.2, 0.25) is 0 Å². The Kier molecular flexibility index (Phi) is 4.98. The molecule has 2 atom stereocenters. The smallest absolute Gasteiger partial charge is 0.307 e. The molecule has 3 N–H and O–H groups in total. The van der Waals surface area contributed by atoms with E-state index in [2.05, 4.69) is 4.90 Å². The highest BCUT2D eigenvalue weighted by molar-refractivity contribution is 5.70. The predicted octanol–water partition coefficient (Wildman–Crippen LogP) is 1.02. The second-order valence-corrected chi connectivity index (χ2v) is 5.85. The number of benzene rings is 1. The number of piperidine rings is 1. The third-order valence-electron chi connectivity index (χ3n) is 4.31. The quantitative estimate of drug-likeness (QED) is 0.755. The Bertz CT molecular complexity index is 488. The normalized spacial score (nSPS) is 26.7. The third kappa shape index (κ3) is 4.03. The lowest BCUT2D eigenvalue weighted by Crippen LogP contribution is -2.54. The number of likely N-dealkylation sites (tertiary alicyclic amines) is 1. The molecular weight excluding hydrogens is 270 g/mol. The van der Waals surface area contributed by atoms with Crippen LogP contribution >= 0.6 is 0 Å². The molecule has 1 fully saturated rings. The average molecular weight is 293 g/mol. The van der Waals surface area contributed by atoms with Gasteiger partial charge in [0, 0.05) is 19.6 Å². The molecule has 0 spiro atoms. The van der Waals surface area contributed by atoms with E-state index in [0.29, 0.717) is 25.9 Å². The molecule has 0 radical (unpaired) electrons. The second-order valence-electron chi connectivity index (χ2n) is 5.85. The van der Waals surface area contributed by atoms with Gasteiger partial charge in [0.05, 0.1) is 18.1 Å². The number of nitrogens with zero attached hydrogens (tertiary/aromatic N) is 1. The summed E-state index contributed by atoms with van der Waals surface area (Å²) in [4.78, 5) is 12.7. The van der Waals surface area contributed by atoms with Crippen molar-refractivity contribution in [2.24, 2.45) is 0 Å². The molecule has 0 saturated carbocycles. The van der Waals surface area contributed by atoms with Crippen molar-refractivity contribution >= 4 is 5.97 Å². The van der Waals surface area contributed by atoms with Gasteiger partial charge in [-0.2, -0.15) is 0 Å². The molecule has 2 rings (SSSR count). The van der Waals surface area contributed by atoms with Crippen LogP contribution in [0, 0.1) is 0 Å². The number of carbonyl (C=O) groups is 1. The standard InChI is InChI=1S/C16H23NO4/c1-2-16(21)7-8-17(11-14(16)18)10-13-5-3-12(4-6-13)9-15(19)20/h3-6,14,18,21H,2,7-11H2,1H3,(H,19,20)/t14-,16-/m1/s1. The number of hydrogen-bond acceptors (Lipinski definition) is 4. The fourth-order valence-electron chi connectivity index (χ4n) is 2.78. The highest BCUT2D eigenvalue weighted by atomic mass is 16.4. The summed E-state index contributed by atoms with van der Waals surface area (Å²) in [6.07, 6.45) is 0.447. The number of carboxylic acid groups (broad SMARTS) is 1. The number of carboxylic acids is 1. The maximum Gasteiger partial charge on any atom is 0.307 e. The molecule has 5 heteroatoms. The van der Waals surface area contributed by atoms with Crippen LogP contribution in [0.3, 0.4) is 0 Å². The molecule has 1 aromatic carbocycles. The topological polar surface area (TPSA) is 81.0 Å². The molecule has 0 aliphatic carbocycles. The van der Waals surface area contributed by atoms with E-state index in [9.17, 15) is 15.0 Å². The monoisotopic (exact) mass is 293 g/mol. The van der Waals surface area contributed by atoms with E-state index in [0.717, 1.165) is 17.7 Å². The van der Waals surface area contributed by atoms with Gasteiger partial charge in [-0.15, -0.1) is 0 Å². The van der Waals surface area contributed by atoms with Gasteiger partial charge in [-0.1, -0.05) is 31.2 Å². The zero-order chi connectivity index (χ0) is 15.5. The summed E-state index contributed by atoms with van der Waals surface area (Å²) in [5, 5.41) is 29.0. The minimum absolute atomic E-state index is 0.0340. The summed E-state index contributed by atoms with van der Waals surface area (Å²) in [6.45, 7) is 3.80. The lowest BCUT2D eigenvalue weighted by Gasteiger charge is -2.41. The number of aliphatic hydroxyl groups excluding tert-OH is 1. The van der Waals surface area contributed by atoms with Crippen molar-refractivity contribution in [2.75, 3.05) is 13.1 Å². The van der Waals surface area contributed by atoms with Crippen molar-refractivity contribution in [2.45, 2.75) is 44.4 Å². The number of β-amino-alcohol motifs (C(OH)–C–C–N with tert-alkyl or cyclic N) is 1. The lowest BCUT2D eigenvalue weighted by molar-refractivity contribution is -0.136. The average Bonchev–Trinajstić information content (AvgIpc) is 2.45. The Balaban J connectivity index is 1.92. The van der Waals surface area contributed by atoms with E-state index in [4.69, 9.17) is 5.11 Å². The number of aliphatic carboxylic acids is 1. The summed E-state index contributed by atoms with van der Waals surface area (Å²) in [7, 11) is 0. The van der Waals surface area contributed by atoms with Crippen molar-refractivity contribution in [1.82, 2.24) is 4.90 Å². The summed E-state index contributed by atoms with van der Waals surface area (Å²) < 4.78 is 0. The Morgan fingerprint density at radius 2 is 1.95 bits per heavy atom. The molecule has 0 aromatic heterocycles. The molecule has 0 amide bonds. The zero-order valence-electron chi connectivity index (χ0n) is 12.3. The SMILES string of the molecule is CC[C@@]1(O)CCN(Cc2ccc(CC(=O)O)cc2)C[C@H]1O. The van der Waals surface area contributed by atoms with Gasteiger partial charge >= 0.3 is 5.97 Å². The van der Waals surface area contributed by atoms with E-state index in [1.165, 1.54) is 0 Å². The first-order chi connectivity index (χ1) is 9.93. The van der Waals surface area contributed by atoms with Gasteiger partial charge in [0.25, 0.3) is 0 Å². The van der Waals surface area contributed by atoms with Crippen molar-refractivity contribution in [3.8, 4) is 0 Å². The predicted molar refractivity (Wildman–Crippen MR) is 78.9 cm³/mol. The minimum atomic E-state index is -0.957. The first-order valence-electron chi connectivity index (χ1n) is 7.35. The van der Waals surface area contributed by atoms with Crippen LogP contribution in [0.4, 0.5) is 0 Å². The molecule has 5 nitrogen and oxygen atoms in total. The van der Waals surface area contributed by atoms with Gasteiger partial charge in [0.1, 0.15) is 0 Å². The molecule has 21 heavy (non-hydrogen) atoms. The van der Waals surface area contributed by atoms with Gasteiger partial charge in [0.15, 0.2) is 0 Å². The van der Waals surface area contributed by atoms with E-state index in [1.807, 2.05) is 31.2 Å². The molecule has 1 aliphatic heterocycles. The van der Waals surface area contributed by atoms with E-state index >= 15 is 0 Å². The highest BCUT2D eigenvalue weighted by Crippen LogP contribution is 2.26. The van der Waals surface area contributed by atoms with Gasteiger partial charge in [-0.05, 0) is 24.0 Å². The zero-order valence-corrected chi connectivity index (χ0v) is 12.3. The number of hydrogen-bond donors (Lipinski definition) is 3. The molecule has 1 aromatic rings. The minimum Gasteiger partial charge on any atom is -0.481 e. The van der Waals surface area contributed by atoms with E-state index in [1.54, 1.807) is 0 Å². The Morgan fingerprint density at radius 1 is 1.33 bits per heavy atom. The third-order valence-corrected chi connectivity index (χ3v) is 4.31. The van der Waals surface area contributed by atoms with Crippen LogP contribution in [0.1, 0.15) is 30.9 Å². The first kappa shape index (κ1) is 15.9. The van der Waals surface area contributed by atoms with Gasteiger partial charge < -0.3 is 15.3 Å². The molecule has 0 unspecified atom stereocenters. The fraction of sp³-hybridized carbons (Fsp3) is 0.562. The Hall–Kier alpha value is -1.43. The summed E-state index contributed by atoms with van der Waals surface area (Å²) >= 11 is 0. The summed E-state index contributed by atoms with van der Waals surface area (Å²) in [5.41, 5.74) is 0.908. The fourth-order valence-corrected chi connectivity index (χ4v) is 2.78. The van der Waals surface area contributed by atoms with Crippen LogP contribution in [0.2, 0.25) is 0 Å². The number of rotatable bonds is 5. The van der Waals surface area contributed by atoms with Gasteiger partial charge in [-0.25, -0.2) is 0 Å². The van der Waals surface area contributed by atoms with Crippen LogP contribution in [0.25, 0.3) is 0 Å². The number of aliphatic hydroxyl groups is 2. The molecule has 0 bridgehead atoms. The lowest BCUT2D eigenvalue weighted by atomic mass is 9.86. The summed E-state index contributed by atoms with van der Waals surface area (Å²) in [5.74, 6) is -0.833. The van der Waals surface area contributed by atoms with Crippen LogP contribution in [0.5, 0.6) is 0 Å². The van der Waals surface area contributed by atoms with Crippen LogP contribution in [-0.2, 0) is 17.8 Å². The first-order valence-corrected chi connectivity index (χ1v) is 7.35. The molecule has 1 heterocycles. The maximum absolute atomic E-state index is 10.6. The maximum atomic E-state index is 10.6. The van der Waals surface area contributed by atoms with Crippen molar-refractivity contribution in [3.63, 3.8) is 0 Å². The molecule has 1 aliphatic rings. The largest absolute Gasteiger partial charge is 0.481 e. The van der Waals surface area contributed by atoms with Crippen LogP contribution in [0.15, 0.2) is 24.3 Å². The van der Waals surface area contributed by atoms with Crippen molar-refractivity contribution < 1.29 is 20.1 Å². The Morgan fingerprint density at radius 3 is 2.48 bits per heavy atom.